The Balaban J connectivity index is 1.64. The van der Waals surface area contributed by atoms with Gasteiger partial charge >= 0.3 is 0 Å². The number of nitrogens with zero attached hydrogens (tertiary/aromatic N) is 3. The third-order valence-electron chi connectivity index (χ3n) is 4.87. The van der Waals surface area contributed by atoms with E-state index in [-0.39, 0.29) is 5.91 Å². The molecule has 0 atom stereocenters. The van der Waals surface area contributed by atoms with E-state index in [1.165, 1.54) is 12.3 Å². The zero-order chi connectivity index (χ0) is 20.4. The van der Waals surface area contributed by atoms with Crippen molar-refractivity contribution in [3.63, 3.8) is 0 Å². The van der Waals surface area contributed by atoms with Crippen LogP contribution in [0.4, 0.5) is 10.2 Å². The fraction of sp³-hybridized carbons (Fsp3) is 0.227. The number of likely N-dealkylation sites (tertiary alicyclic amines) is 1. The number of carbonyl (C=O) groups is 1. The highest BCUT2D eigenvalue weighted by atomic mass is 19.1. The SMILES string of the molecule is CCNc1cnc(-c2ccc(-c3ccccc3C(=O)N3CC(O)C3)cc2F)cn1. The largest absolute Gasteiger partial charge is 0.389 e. The summed E-state index contributed by atoms with van der Waals surface area (Å²) in [4.78, 5) is 22.8. The first-order valence-electron chi connectivity index (χ1n) is 9.49. The minimum Gasteiger partial charge on any atom is -0.389 e. The van der Waals surface area contributed by atoms with E-state index in [0.29, 0.717) is 46.9 Å². The molecule has 0 saturated carbocycles. The molecule has 0 aliphatic carbocycles. The molecule has 0 bridgehead atoms. The second kappa shape index (κ2) is 7.97. The maximum absolute atomic E-state index is 14.9. The number of anilines is 1. The standard InChI is InChI=1S/C22H21FN4O2/c1-2-24-21-11-25-20(10-26-21)18-8-7-14(9-19(18)23)16-5-3-4-6-17(16)22(29)27-12-15(28)13-27/h3-11,15,28H,2,12-13H2,1H3,(H,24,26). The molecular formula is C22H21FN4O2. The molecule has 0 unspecified atom stereocenters. The van der Waals surface area contributed by atoms with Crippen LogP contribution in [0.3, 0.4) is 0 Å². The number of rotatable bonds is 5. The minimum absolute atomic E-state index is 0.166. The lowest BCUT2D eigenvalue weighted by atomic mass is 9.96. The van der Waals surface area contributed by atoms with E-state index in [9.17, 15) is 14.3 Å². The number of aliphatic hydroxyl groups excluding tert-OH is 1. The molecule has 1 aliphatic heterocycles. The van der Waals surface area contributed by atoms with Crippen LogP contribution in [0.5, 0.6) is 0 Å². The Morgan fingerprint density at radius 1 is 1.17 bits per heavy atom. The number of hydrogen-bond donors (Lipinski definition) is 2. The van der Waals surface area contributed by atoms with Crippen molar-refractivity contribution in [3.8, 4) is 22.4 Å². The van der Waals surface area contributed by atoms with Gasteiger partial charge in [-0.15, -0.1) is 0 Å². The Morgan fingerprint density at radius 2 is 1.97 bits per heavy atom. The molecule has 0 spiro atoms. The van der Waals surface area contributed by atoms with Crippen molar-refractivity contribution in [2.24, 2.45) is 0 Å². The summed E-state index contributed by atoms with van der Waals surface area (Å²) in [6.07, 6.45) is 2.63. The Hall–Kier alpha value is -3.32. The Kier molecular flexibility index (Phi) is 5.22. The van der Waals surface area contributed by atoms with Gasteiger partial charge in [-0.3, -0.25) is 9.78 Å². The van der Waals surface area contributed by atoms with Crippen molar-refractivity contribution in [2.75, 3.05) is 25.0 Å². The van der Waals surface area contributed by atoms with Gasteiger partial charge in [0.1, 0.15) is 11.6 Å². The number of amides is 1. The molecule has 3 aromatic rings. The first-order valence-corrected chi connectivity index (χ1v) is 9.49. The highest BCUT2D eigenvalue weighted by molar-refractivity contribution is 6.01. The maximum Gasteiger partial charge on any atom is 0.254 e. The number of aromatic nitrogens is 2. The van der Waals surface area contributed by atoms with Gasteiger partial charge in [0.2, 0.25) is 0 Å². The first kappa shape index (κ1) is 19.0. The second-order valence-electron chi connectivity index (χ2n) is 6.92. The monoisotopic (exact) mass is 392 g/mol. The predicted molar refractivity (Wildman–Crippen MR) is 109 cm³/mol. The molecule has 1 aliphatic rings. The summed E-state index contributed by atoms with van der Waals surface area (Å²) in [6, 6.07) is 11.9. The molecule has 1 saturated heterocycles. The average Bonchev–Trinajstić information content (AvgIpc) is 2.72. The predicted octanol–water partition coefficient (Wildman–Crippen LogP) is 3.20. The molecular weight excluding hydrogens is 371 g/mol. The lowest BCUT2D eigenvalue weighted by Gasteiger charge is -2.36. The summed E-state index contributed by atoms with van der Waals surface area (Å²) in [5, 5.41) is 12.5. The van der Waals surface area contributed by atoms with Gasteiger partial charge in [-0.1, -0.05) is 24.3 Å². The number of halogens is 1. The summed E-state index contributed by atoms with van der Waals surface area (Å²) >= 11 is 0. The van der Waals surface area contributed by atoms with E-state index in [4.69, 9.17) is 0 Å². The summed E-state index contributed by atoms with van der Waals surface area (Å²) in [6.45, 7) is 3.33. The number of hydrogen-bond acceptors (Lipinski definition) is 5. The molecule has 1 aromatic heterocycles. The smallest absolute Gasteiger partial charge is 0.254 e. The van der Waals surface area contributed by atoms with Gasteiger partial charge in [0, 0.05) is 30.8 Å². The van der Waals surface area contributed by atoms with E-state index < -0.39 is 11.9 Å². The quantitative estimate of drug-likeness (QED) is 0.697. The number of β-amino-alcohol motifs (C(OH)–C–C–N with tert-alkyl or cyclic N) is 1. The number of carbonyl (C=O) groups excluding carboxylic acids is 1. The zero-order valence-electron chi connectivity index (χ0n) is 16.0. The van der Waals surface area contributed by atoms with E-state index in [1.807, 2.05) is 13.0 Å². The van der Waals surface area contributed by atoms with Gasteiger partial charge in [0.25, 0.3) is 5.91 Å². The van der Waals surface area contributed by atoms with E-state index in [2.05, 4.69) is 15.3 Å². The average molecular weight is 392 g/mol. The van der Waals surface area contributed by atoms with Gasteiger partial charge in [-0.05, 0) is 36.2 Å². The zero-order valence-corrected chi connectivity index (χ0v) is 16.0. The van der Waals surface area contributed by atoms with Gasteiger partial charge in [0.15, 0.2) is 0 Å². The topological polar surface area (TPSA) is 78.4 Å². The van der Waals surface area contributed by atoms with Gasteiger partial charge in [-0.25, -0.2) is 9.37 Å². The van der Waals surface area contributed by atoms with Crippen molar-refractivity contribution >= 4 is 11.7 Å². The fourth-order valence-electron chi connectivity index (χ4n) is 3.34. The van der Waals surface area contributed by atoms with Crippen molar-refractivity contribution in [1.82, 2.24) is 14.9 Å². The first-order chi connectivity index (χ1) is 14.1. The van der Waals surface area contributed by atoms with E-state index in [1.54, 1.807) is 41.4 Å². The molecule has 148 valence electrons. The Bertz CT molecular complexity index is 1030. The molecule has 7 heteroatoms. The maximum atomic E-state index is 14.9. The van der Waals surface area contributed by atoms with Crippen molar-refractivity contribution in [1.29, 1.82) is 0 Å². The molecule has 1 amide bonds. The Labute approximate surface area is 168 Å². The highest BCUT2D eigenvalue weighted by Crippen LogP contribution is 2.30. The van der Waals surface area contributed by atoms with Gasteiger partial charge < -0.3 is 15.3 Å². The molecule has 2 N–H and O–H groups in total. The second-order valence-corrected chi connectivity index (χ2v) is 6.92. The molecule has 6 nitrogen and oxygen atoms in total. The normalized spacial score (nSPS) is 13.8. The Morgan fingerprint density at radius 3 is 2.62 bits per heavy atom. The van der Waals surface area contributed by atoms with Gasteiger partial charge in [0.05, 0.1) is 24.2 Å². The fourth-order valence-corrected chi connectivity index (χ4v) is 3.34. The molecule has 1 fully saturated rings. The molecule has 4 rings (SSSR count). The third-order valence-corrected chi connectivity index (χ3v) is 4.87. The van der Waals surface area contributed by atoms with E-state index >= 15 is 0 Å². The van der Waals surface area contributed by atoms with Crippen molar-refractivity contribution in [2.45, 2.75) is 13.0 Å². The van der Waals surface area contributed by atoms with Crippen LogP contribution in [0.25, 0.3) is 22.4 Å². The van der Waals surface area contributed by atoms with Crippen LogP contribution in [-0.2, 0) is 0 Å². The summed E-state index contributed by atoms with van der Waals surface area (Å²) in [5.74, 6) is 0.0340. The summed E-state index contributed by atoms with van der Waals surface area (Å²) < 4.78 is 14.9. The van der Waals surface area contributed by atoms with Crippen LogP contribution < -0.4 is 5.32 Å². The third kappa shape index (κ3) is 3.82. The lowest BCUT2D eigenvalue weighted by Crippen LogP contribution is -2.53. The molecule has 2 aromatic carbocycles. The van der Waals surface area contributed by atoms with Crippen LogP contribution in [-0.4, -0.2) is 51.6 Å². The number of aliphatic hydroxyl groups is 1. The number of benzene rings is 2. The summed E-state index contributed by atoms with van der Waals surface area (Å²) in [7, 11) is 0. The van der Waals surface area contributed by atoms with E-state index in [0.717, 1.165) is 6.54 Å². The molecule has 2 heterocycles. The lowest BCUT2D eigenvalue weighted by molar-refractivity contribution is 0.00594. The van der Waals surface area contributed by atoms with Crippen molar-refractivity contribution in [3.05, 3.63) is 66.2 Å². The highest BCUT2D eigenvalue weighted by Gasteiger charge is 2.30. The summed E-state index contributed by atoms with van der Waals surface area (Å²) in [5.41, 5.74) is 2.53. The number of nitrogens with one attached hydrogen (secondary N) is 1. The van der Waals surface area contributed by atoms with Crippen LogP contribution in [0.2, 0.25) is 0 Å². The molecule has 29 heavy (non-hydrogen) atoms. The van der Waals surface area contributed by atoms with Gasteiger partial charge in [-0.2, -0.15) is 0 Å². The molecule has 0 radical (unpaired) electrons. The minimum atomic E-state index is -0.470. The van der Waals surface area contributed by atoms with Crippen LogP contribution >= 0.6 is 0 Å². The van der Waals surface area contributed by atoms with Crippen LogP contribution in [0.15, 0.2) is 54.9 Å². The van der Waals surface area contributed by atoms with Crippen LogP contribution in [0.1, 0.15) is 17.3 Å². The van der Waals surface area contributed by atoms with Crippen LogP contribution in [0, 0.1) is 5.82 Å². The van der Waals surface area contributed by atoms with Crippen molar-refractivity contribution < 1.29 is 14.3 Å².